The monoisotopic (exact) mass is 355 g/mol. The van der Waals surface area contributed by atoms with Crippen molar-refractivity contribution in [2.75, 3.05) is 45.9 Å². The van der Waals surface area contributed by atoms with Gasteiger partial charge in [-0.25, -0.2) is 13.1 Å². The minimum absolute atomic E-state index is 0.105. The van der Waals surface area contributed by atoms with E-state index in [4.69, 9.17) is 4.74 Å². The van der Waals surface area contributed by atoms with Crippen LogP contribution in [0.5, 0.6) is 0 Å². The minimum Gasteiger partial charge on any atom is -0.379 e. The highest BCUT2D eigenvalue weighted by atomic mass is 32.2. The Balaban J connectivity index is 1.94. The van der Waals surface area contributed by atoms with Gasteiger partial charge >= 0.3 is 0 Å². The topological polar surface area (TPSA) is 87.7 Å². The van der Waals surface area contributed by atoms with E-state index in [0.29, 0.717) is 38.4 Å². The third-order valence-electron chi connectivity index (χ3n) is 3.77. The Morgan fingerprint density at radius 1 is 1.25 bits per heavy atom. The molecule has 2 rings (SSSR count). The number of carbonyl (C=O) groups is 1. The van der Waals surface area contributed by atoms with Crippen LogP contribution in [-0.4, -0.2) is 65.2 Å². The lowest BCUT2D eigenvalue weighted by Crippen LogP contribution is -2.41. The van der Waals surface area contributed by atoms with Crippen molar-refractivity contribution in [1.82, 2.24) is 14.9 Å². The molecule has 24 heavy (non-hydrogen) atoms. The zero-order valence-electron chi connectivity index (χ0n) is 14.0. The van der Waals surface area contributed by atoms with Crippen LogP contribution in [0.1, 0.15) is 23.7 Å². The van der Waals surface area contributed by atoms with Crippen molar-refractivity contribution in [3.8, 4) is 0 Å². The summed E-state index contributed by atoms with van der Waals surface area (Å²) in [6.45, 7) is 6.48. The van der Waals surface area contributed by atoms with E-state index < -0.39 is 10.0 Å². The summed E-state index contributed by atoms with van der Waals surface area (Å²) in [5.41, 5.74) is 0.347. The third-order valence-corrected chi connectivity index (χ3v) is 5.22. The SMILES string of the molecule is CCCNC(=O)c1cccc(S(=O)(=O)NCCN2CCOCC2)c1. The number of nitrogens with zero attached hydrogens (tertiary/aromatic N) is 1. The first-order valence-electron chi connectivity index (χ1n) is 8.21. The Bertz CT molecular complexity index is 642. The van der Waals surface area contributed by atoms with Gasteiger partial charge in [0.1, 0.15) is 0 Å². The van der Waals surface area contributed by atoms with E-state index in [0.717, 1.165) is 19.5 Å². The Morgan fingerprint density at radius 2 is 2.00 bits per heavy atom. The molecule has 1 aromatic rings. The maximum Gasteiger partial charge on any atom is 0.251 e. The van der Waals surface area contributed by atoms with Crippen LogP contribution in [-0.2, 0) is 14.8 Å². The molecular weight excluding hydrogens is 330 g/mol. The lowest BCUT2D eigenvalue weighted by molar-refractivity contribution is 0.0390. The van der Waals surface area contributed by atoms with Crippen LogP contribution in [0.4, 0.5) is 0 Å². The number of hydrogen-bond donors (Lipinski definition) is 2. The summed E-state index contributed by atoms with van der Waals surface area (Å²) in [5.74, 6) is -0.262. The van der Waals surface area contributed by atoms with Crippen LogP contribution < -0.4 is 10.0 Å². The molecule has 0 radical (unpaired) electrons. The average Bonchev–Trinajstić information content (AvgIpc) is 2.60. The molecule has 0 spiro atoms. The molecule has 0 saturated carbocycles. The van der Waals surface area contributed by atoms with Gasteiger partial charge in [0.25, 0.3) is 5.91 Å². The predicted octanol–water partition coefficient (Wildman–Crippen LogP) is 0.437. The molecule has 7 nitrogen and oxygen atoms in total. The number of morpholine rings is 1. The lowest BCUT2D eigenvalue weighted by atomic mass is 10.2. The number of carbonyl (C=O) groups excluding carboxylic acids is 1. The van der Waals surface area contributed by atoms with E-state index in [-0.39, 0.29) is 10.8 Å². The number of sulfonamides is 1. The summed E-state index contributed by atoms with van der Waals surface area (Å²) in [5, 5.41) is 2.74. The van der Waals surface area contributed by atoms with Crippen molar-refractivity contribution < 1.29 is 17.9 Å². The largest absolute Gasteiger partial charge is 0.379 e. The van der Waals surface area contributed by atoms with Crippen LogP contribution in [0.2, 0.25) is 0 Å². The van der Waals surface area contributed by atoms with Crippen LogP contribution in [0.25, 0.3) is 0 Å². The molecule has 0 aromatic heterocycles. The van der Waals surface area contributed by atoms with Crippen molar-refractivity contribution in [1.29, 1.82) is 0 Å². The Morgan fingerprint density at radius 3 is 2.71 bits per heavy atom. The highest BCUT2D eigenvalue weighted by molar-refractivity contribution is 7.89. The standard InChI is InChI=1S/C16H25N3O4S/c1-2-6-17-16(20)14-4-3-5-15(13-14)24(21,22)18-7-8-19-9-11-23-12-10-19/h3-5,13,18H,2,6-12H2,1H3,(H,17,20). The maximum absolute atomic E-state index is 12.4. The van der Waals surface area contributed by atoms with Gasteiger partial charge in [-0.3, -0.25) is 9.69 Å². The average molecular weight is 355 g/mol. The Labute approximate surface area is 143 Å². The van der Waals surface area contributed by atoms with E-state index in [9.17, 15) is 13.2 Å². The molecule has 0 bridgehead atoms. The highest BCUT2D eigenvalue weighted by Gasteiger charge is 2.17. The van der Waals surface area contributed by atoms with E-state index in [1.807, 2.05) is 6.92 Å². The molecule has 1 amide bonds. The summed E-state index contributed by atoms with van der Waals surface area (Å²) in [6, 6.07) is 6.09. The normalized spacial score (nSPS) is 16.0. The molecule has 1 fully saturated rings. The Hall–Kier alpha value is -1.48. The van der Waals surface area contributed by atoms with Crippen molar-refractivity contribution in [3.05, 3.63) is 29.8 Å². The molecule has 1 aliphatic rings. The van der Waals surface area contributed by atoms with E-state index >= 15 is 0 Å². The van der Waals surface area contributed by atoms with Gasteiger partial charge in [-0.15, -0.1) is 0 Å². The van der Waals surface area contributed by atoms with Crippen molar-refractivity contribution in [2.24, 2.45) is 0 Å². The van der Waals surface area contributed by atoms with Gasteiger partial charge in [-0.05, 0) is 24.6 Å². The van der Waals surface area contributed by atoms with Gasteiger partial charge in [-0.1, -0.05) is 13.0 Å². The fraction of sp³-hybridized carbons (Fsp3) is 0.562. The number of nitrogens with one attached hydrogen (secondary N) is 2. The molecule has 134 valence electrons. The minimum atomic E-state index is -3.63. The number of rotatable bonds is 8. The smallest absolute Gasteiger partial charge is 0.251 e. The van der Waals surface area contributed by atoms with Gasteiger partial charge in [0.2, 0.25) is 10.0 Å². The first-order chi connectivity index (χ1) is 11.5. The fourth-order valence-electron chi connectivity index (χ4n) is 2.39. The van der Waals surface area contributed by atoms with Crippen molar-refractivity contribution >= 4 is 15.9 Å². The summed E-state index contributed by atoms with van der Waals surface area (Å²) >= 11 is 0. The molecular formula is C16H25N3O4S. The Kier molecular flexibility index (Phi) is 7.16. The highest BCUT2D eigenvalue weighted by Crippen LogP contribution is 2.11. The van der Waals surface area contributed by atoms with Gasteiger partial charge in [-0.2, -0.15) is 0 Å². The molecule has 2 N–H and O–H groups in total. The second-order valence-electron chi connectivity index (χ2n) is 5.64. The van der Waals surface area contributed by atoms with Crippen LogP contribution in [0.3, 0.4) is 0 Å². The number of hydrogen-bond acceptors (Lipinski definition) is 5. The van der Waals surface area contributed by atoms with Gasteiger partial charge in [0.05, 0.1) is 18.1 Å². The number of amides is 1. The van der Waals surface area contributed by atoms with Crippen molar-refractivity contribution in [2.45, 2.75) is 18.2 Å². The molecule has 1 aliphatic heterocycles. The molecule has 0 aliphatic carbocycles. The summed E-state index contributed by atoms with van der Waals surface area (Å²) in [6.07, 6.45) is 0.826. The zero-order chi connectivity index (χ0) is 17.4. The van der Waals surface area contributed by atoms with Crippen LogP contribution >= 0.6 is 0 Å². The lowest BCUT2D eigenvalue weighted by Gasteiger charge is -2.26. The van der Waals surface area contributed by atoms with E-state index in [2.05, 4.69) is 14.9 Å². The number of ether oxygens (including phenoxy) is 1. The molecule has 0 atom stereocenters. The first kappa shape index (κ1) is 18.9. The quantitative estimate of drug-likeness (QED) is 0.706. The first-order valence-corrected chi connectivity index (χ1v) is 9.69. The van der Waals surface area contributed by atoms with Gasteiger partial charge in [0.15, 0.2) is 0 Å². The fourth-order valence-corrected chi connectivity index (χ4v) is 3.46. The summed E-state index contributed by atoms with van der Waals surface area (Å²) in [4.78, 5) is 14.2. The predicted molar refractivity (Wildman–Crippen MR) is 91.5 cm³/mol. The van der Waals surface area contributed by atoms with E-state index in [1.165, 1.54) is 12.1 Å². The number of benzene rings is 1. The zero-order valence-corrected chi connectivity index (χ0v) is 14.8. The molecule has 0 unspecified atom stereocenters. The third kappa shape index (κ3) is 5.55. The van der Waals surface area contributed by atoms with Crippen molar-refractivity contribution in [3.63, 3.8) is 0 Å². The maximum atomic E-state index is 12.4. The van der Waals surface area contributed by atoms with Gasteiger partial charge < -0.3 is 10.1 Å². The van der Waals surface area contributed by atoms with Gasteiger partial charge in [0, 0.05) is 38.3 Å². The molecule has 1 aromatic carbocycles. The summed E-state index contributed by atoms with van der Waals surface area (Å²) in [7, 11) is -3.63. The molecule has 8 heteroatoms. The van der Waals surface area contributed by atoms with Crippen LogP contribution in [0, 0.1) is 0 Å². The van der Waals surface area contributed by atoms with E-state index in [1.54, 1.807) is 12.1 Å². The van der Waals surface area contributed by atoms with Crippen LogP contribution in [0.15, 0.2) is 29.2 Å². The molecule has 1 saturated heterocycles. The second kappa shape index (κ2) is 9.12. The summed E-state index contributed by atoms with van der Waals surface area (Å²) < 4.78 is 32.6. The second-order valence-corrected chi connectivity index (χ2v) is 7.40. The molecule has 1 heterocycles.